The van der Waals surface area contributed by atoms with E-state index in [1.807, 2.05) is 11.8 Å². The Hall–Kier alpha value is -0.610. The van der Waals surface area contributed by atoms with Crippen LogP contribution in [0.2, 0.25) is 0 Å². The highest BCUT2D eigenvalue weighted by Gasteiger charge is 2.34. The van der Waals surface area contributed by atoms with Crippen LogP contribution in [0.25, 0.3) is 0 Å². The van der Waals surface area contributed by atoms with Crippen LogP contribution in [0.4, 0.5) is 0 Å². The summed E-state index contributed by atoms with van der Waals surface area (Å²) < 4.78 is 5.52. The van der Waals surface area contributed by atoms with E-state index in [0.717, 1.165) is 26.1 Å². The van der Waals surface area contributed by atoms with Gasteiger partial charge in [-0.3, -0.25) is 4.79 Å². The molecule has 2 heterocycles. The Balaban J connectivity index is 1.98. The summed E-state index contributed by atoms with van der Waals surface area (Å²) in [5.74, 6) is 0.500. The molecule has 2 saturated heterocycles. The van der Waals surface area contributed by atoms with Crippen molar-refractivity contribution in [1.29, 1.82) is 0 Å². The van der Waals surface area contributed by atoms with Crippen LogP contribution in [0.15, 0.2) is 0 Å². The molecule has 0 aromatic rings. The maximum Gasteiger partial charge on any atom is 0.227 e. The zero-order valence-corrected chi connectivity index (χ0v) is 9.53. The lowest BCUT2D eigenvalue weighted by Crippen LogP contribution is -2.53. The zero-order chi connectivity index (χ0) is 10.8. The number of hydrogen-bond donors (Lipinski definition) is 1. The molecule has 86 valence electrons. The molecule has 0 spiro atoms. The molecule has 3 atom stereocenters. The van der Waals surface area contributed by atoms with Crippen LogP contribution in [0.5, 0.6) is 0 Å². The Morgan fingerprint density at radius 3 is 2.93 bits per heavy atom. The third kappa shape index (κ3) is 2.16. The summed E-state index contributed by atoms with van der Waals surface area (Å²) in [6, 6.07) is 0.215. The highest BCUT2D eigenvalue weighted by atomic mass is 16.5. The number of ether oxygens (including phenoxy) is 1. The smallest absolute Gasteiger partial charge is 0.227 e. The summed E-state index contributed by atoms with van der Waals surface area (Å²) >= 11 is 0. The first-order valence-electron chi connectivity index (χ1n) is 5.83. The van der Waals surface area contributed by atoms with Gasteiger partial charge in [-0.1, -0.05) is 0 Å². The third-order valence-electron chi connectivity index (χ3n) is 3.58. The van der Waals surface area contributed by atoms with Crippen LogP contribution >= 0.6 is 0 Å². The van der Waals surface area contributed by atoms with Crippen LogP contribution in [-0.4, -0.2) is 49.2 Å². The van der Waals surface area contributed by atoms with Crippen molar-refractivity contribution in [2.75, 3.05) is 26.2 Å². The quantitative estimate of drug-likeness (QED) is 0.676. The molecule has 1 N–H and O–H groups in total. The summed E-state index contributed by atoms with van der Waals surface area (Å²) in [7, 11) is 0. The molecule has 2 aliphatic heterocycles. The number of nitrogens with zero attached hydrogens (tertiary/aromatic N) is 1. The van der Waals surface area contributed by atoms with Gasteiger partial charge in [0.25, 0.3) is 0 Å². The number of rotatable bonds is 1. The van der Waals surface area contributed by atoms with E-state index >= 15 is 0 Å². The number of amides is 1. The minimum Gasteiger partial charge on any atom is -0.375 e. The Morgan fingerprint density at radius 2 is 2.27 bits per heavy atom. The van der Waals surface area contributed by atoms with Gasteiger partial charge in [-0.25, -0.2) is 0 Å². The molecule has 0 radical (unpaired) electrons. The molecule has 2 unspecified atom stereocenters. The van der Waals surface area contributed by atoms with Gasteiger partial charge in [0.05, 0.1) is 24.7 Å². The highest BCUT2D eigenvalue weighted by Crippen LogP contribution is 2.19. The second-order valence-electron chi connectivity index (χ2n) is 4.54. The van der Waals surface area contributed by atoms with E-state index in [1.165, 1.54) is 0 Å². The molecule has 0 aliphatic carbocycles. The van der Waals surface area contributed by atoms with Crippen LogP contribution in [0.3, 0.4) is 0 Å². The second-order valence-corrected chi connectivity index (χ2v) is 4.54. The van der Waals surface area contributed by atoms with Crippen molar-refractivity contribution in [1.82, 2.24) is 10.2 Å². The monoisotopic (exact) mass is 212 g/mol. The van der Waals surface area contributed by atoms with Gasteiger partial charge >= 0.3 is 0 Å². The lowest BCUT2D eigenvalue weighted by molar-refractivity contribution is -0.147. The fraction of sp³-hybridized carbons (Fsp3) is 0.909. The molecular weight excluding hydrogens is 192 g/mol. The van der Waals surface area contributed by atoms with E-state index in [4.69, 9.17) is 4.74 Å². The van der Waals surface area contributed by atoms with Gasteiger partial charge in [-0.2, -0.15) is 0 Å². The standard InChI is InChI=1S/C11H20N2O2/c1-8-9(2)15-6-5-13(8)11(14)10-3-4-12-7-10/h8-10,12H,3-7H2,1-2H3/t8?,9?,10-/m1/s1. The Bertz CT molecular complexity index is 239. The minimum absolute atomic E-state index is 0.164. The molecule has 4 heteroatoms. The molecule has 4 nitrogen and oxygen atoms in total. The first-order valence-corrected chi connectivity index (χ1v) is 5.83. The number of nitrogens with one attached hydrogen (secondary N) is 1. The fourth-order valence-corrected chi connectivity index (χ4v) is 2.34. The van der Waals surface area contributed by atoms with Gasteiger partial charge < -0.3 is 15.0 Å². The second kappa shape index (κ2) is 4.49. The molecule has 2 fully saturated rings. The SMILES string of the molecule is CC1OCCN(C(=O)[C@@H]2CCNC2)C1C. The predicted octanol–water partition coefficient (Wildman–Crippen LogP) is 0.232. The van der Waals surface area contributed by atoms with E-state index in [0.29, 0.717) is 12.5 Å². The zero-order valence-electron chi connectivity index (χ0n) is 9.53. The number of carbonyl (C=O) groups is 1. The molecular formula is C11H20N2O2. The van der Waals surface area contributed by atoms with Crippen molar-refractivity contribution in [3.8, 4) is 0 Å². The third-order valence-corrected chi connectivity index (χ3v) is 3.58. The van der Waals surface area contributed by atoms with Crippen LogP contribution < -0.4 is 5.32 Å². The van der Waals surface area contributed by atoms with E-state index in [-0.39, 0.29) is 18.1 Å². The number of carbonyl (C=O) groups excluding carboxylic acids is 1. The van der Waals surface area contributed by atoms with Crippen molar-refractivity contribution in [3.05, 3.63) is 0 Å². The van der Waals surface area contributed by atoms with Crippen molar-refractivity contribution in [3.63, 3.8) is 0 Å². The predicted molar refractivity (Wildman–Crippen MR) is 57.6 cm³/mol. The molecule has 0 saturated carbocycles. The summed E-state index contributed by atoms with van der Waals surface area (Å²) in [6.07, 6.45) is 1.15. The molecule has 0 aromatic heterocycles. The van der Waals surface area contributed by atoms with Gasteiger partial charge in [-0.15, -0.1) is 0 Å². The Morgan fingerprint density at radius 1 is 1.47 bits per heavy atom. The summed E-state index contributed by atoms with van der Waals surface area (Å²) in [5, 5.41) is 3.24. The van der Waals surface area contributed by atoms with Gasteiger partial charge in [0.1, 0.15) is 0 Å². The van der Waals surface area contributed by atoms with Crippen LogP contribution in [0.1, 0.15) is 20.3 Å². The highest BCUT2D eigenvalue weighted by molar-refractivity contribution is 5.79. The topological polar surface area (TPSA) is 41.6 Å². The van der Waals surface area contributed by atoms with Crippen molar-refractivity contribution >= 4 is 5.91 Å². The van der Waals surface area contributed by atoms with Gasteiger partial charge in [-0.05, 0) is 26.8 Å². The van der Waals surface area contributed by atoms with Crippen molar-refractivity contribution in [2.45, 2.75) is 32.4 Å². The first-order chi connectivity index (χ1) is 7.20. The molecule has 2 rings (SSSR count). The lowest BCUT2D eigenvalue weighted by Gasteiger charge is -2.39. The van der Waals surface area contributed by atoms with E-state index in [2.05, 4.69) is 12.2 Å². The number of hydrogen-bond acceptors (Lipinski definition) is 3. The summed E-state index contributed by atoms with van der Waals surface area (Å²) in [6.45, 7) is 7.36. The normalized spacial score (nSPS) is 36.9. The fourth-order valence-electron chi connectivity index (χ4n) is 2.34. The molecule has 2 aliphatic rings. The van der Waals surface area contributed by atoms with E-state index in [1.54, 1.807) is 0 Å². The molecule has 15 heavy (non-hydrogen) atoms. The largest absolute Gasteiger partial charge is 0.375 e. The summed E-state index contributed by atoms with van der Waals surface area (Å²) in [4.78, 5) is 14.2. The van der Waals surface area contributed by atoms with Gasteiger partial charge in [0, 0.05) is 13.1 Å². The maximum absolute atomic E-state index is 12.2. The van der Waals surface area contributed by atoms with E-state index < -0.39 is 0 Å². The minimum atomic E-state index is 0.164. The average molecular weight is 212 g/mol. The molecule has 1 amide bonds. The Labute approximate surface area is 91.0 Å². The lowest BCUT2D eigenvalue weighted by atomic mass is 10.0. The average Bonchev–Trinajstić information content (AvgIpc) is 2.74. The maximum atomic E-state index is 12.2. The van der Waals surface area contributed by atoms with Crippen LogP contribution in [0, 0.1) is 5.92 Å². The first kappa shape index (κ1) is 10.9. The van der Waals surface area contributed by atoms with Gasteiger partial charge in [0.2, 0.25) is 5.91 Å². The van der Waals surface area contributed by atoms with Crippen molar-refractivity contribution < 1.29 is 9.53 Å². The van der Waals surface area contributed by atoms with Crippen molar-refractivity contribution in [2.24, 2.45) is 5.92 Å². The van der Waals surface area contributed by atoms with Gasteiger partial charge in [0.15, 0.2) is 0 Å². The molecule has 0 aromatic carbocycles. The molecule has 0 bridgehead atoms. The summed E-state index contributed by atoms with van der Waals surface area (Å²) in [5.41, 5.74) is 0. The van der Waals surface area contributed by atoms with E-state index in [9.17, 15) is 4.79 Å². The van der Waals surface area contributed by atoms with Crippen LogP contribution in [-0.2, 0) is 9.53 Å². The Kier molecular flexibility index (Phi) is 3.26. The number of morpholine rings is 1.